The Balaban J connectivity index is 1.20. The summed E-state index contributed by atoms with van der Waals surface area (Å²) in [6.07, 6.45) is -0.784. The van der Waals surface area contributed by atoms with Crippen molar-refractivity contribution in [3.8, 4) is 40.0 Å². The van der Waals surface area contributed by atoms with Gasteiger partial charge >= 0.3 is 5.97 Å². The number of fused-ring (bicyclic) bond motifs is 2. The normalized spacial score (nSPS) is 11.8. The minimum atomic E-state index is -1.15. The molecule has 1 atom stereocenters. The SMILES string of the molecule is CC/N=c1/cc2oc3cc(NCC)c(C)cc3c(-c3cc(C(=O)NCCNC(=O)c4cccc(OCC(N)OCCOCC(=O)NCC#CC(C)C)c4)ccc3C(=O)O)c-2cc1C. The second-order valence-electron chi connectivity index (χ2n) is 14.9. The number of ether oxygens (including phenoxy) is 3. The molecule has 0 aromatic heterocycles. The summed E-state index contributed by atoms with van der Waals surface area (Å²) in [5, 5.41) is 23.5. The molecule has 3 aromatic carbocycles. The topological polar surface area (TPSA) is 216 Å². The van der Waals surface area contributed by atoms with Crippen LogP contribution in [0.2, 0.25) is 0 Å². The summed E-state index contributed by atoms with van der Waals surface area (Å²) in [5.41, 5.74) is 11.5. The van der Waals surface area contributed by atoms with Crippen LogP contribution in [0.4, 0.5) is 5.69 Å². The molecule has 3 aromatic rings. The summed E-state index contributed by atoms with van der Waals surface area (Å²) < 4.78 is 23.0. The lowest BCUT2D eigenvalue weighted by atomic mass is 9.88. The third kappa shape index (κ3) is 13.1. The Bertz CT molecular complexity index is 2540. The van der Waals surface area contributed by atoms with E-state index in [-0.39, 0.29) is 74.9 Å². The second kappa shape index (κ2) is 22.9. The van der Waals surface area contributed by atoms with Crippen LogP contribution in [0.1, 0.15) is 69.9 Å². The van der Waals surface area contributed by atoms with Crippen molar-refractivity contribution in [1.82, 2.24) is 16.0 Å². The van der Waals surface area contributed by atoms with Crippen LogP contribution < -0.4 is 37.1 Å². The molecule has 1 aliphatic carbocycles. The van der Waals surface area contributed by atoms with E-state index >= 15 is 0 Å². The van der Waals surface area contributed by atoms with E-state index in [1.165, 1.54) is 12.1 Å². The highest BCUT2D eigenvalue weighted by molar-refractivity contribution is 6.10. The Morgan fingerprint density at radius 1 is 0.873 bits per heavy atom. The molecule has 0 saturated heterocycles. The Labute approximate surface area is 367 Å². The maximum Gasteiger partial charge on any atom is 0.336 e. The van der Waals surface area contributed by atoms with Gasteiger partial charge in [0.15, 0.2) is 0 Å². The lowest BCUT2D eigenvalue weighted by Gasteiger charge is -2.20. The minimum Gasteiger partial charge on any atom is -0.489 e. The molecule has 63 heavy (non-hydrogen) atoms. The number of amides is 3. The number of anilines is 1. The number of aromatic carboxylic acids is 1. The lowest BCUT2D eigenvalue weighted by molar-refractivity contribution is -0.126. The molecule has 0 radical (unpaired) electrons. The van der Waals surface area contributed by atoms with Crippen molar-refractivity contribution in [3.63, 3.8) is 0 Å². The molecule has 0 saturated carbocycles. The molecule has 1 unspecified atom stereocenters. The quantitative estimate of drug-likeness (QED) is 0.0249. The highest BCUT2D eigenvalue weighted by atomic mass is 16.6. The summed E-state index contributed by atoms with van der Waals surface area (Å²) in [6, 6.07) is 18.7. The average molecular weight is 861 g/mol. The number of carbonyl (C=O) groups excluding carboxylic acids is 3. The molecule has 7 N–H and O–H groups in total. The van der Waals surface area contributed by atoms with Gasteiger partial charge in [-0.1, -0.05) is 31.8 Å². The predicted molar refractivity (Wildman–Crippen MR) is 242 cm³/mol. The van der Waals surface area contributed by atoms with Crippen molar-refractivity contribution in [1.29, 1.82) is 0 Å². The number of carbonyl (C=O) groups is 4. The molecule has 15 heteroatoms. The van der Waals surface area contributed by atoms with E-state index in [0.29, 0.717) is 57.8 Å². The fraction of sp³-hybridized carbons (Fsp3) is 0.354. The number of aryl methyl sites for hydroxylation is 2. The first-order valence-corrected chi connectivity index (χ1v) is 20.9. The van der Waals surface area contributed by atoms with Crippen molar-refractivity contribution >= 4 is 40.3 Å². The molecule has 0 spiro atoms. The fourth-order valence-corrected chi connectivity index (χ4v) is 6.66. The highest BCUT2D eigenvalue weighted by Crippen LogP contribution is 2.43. The molecule has 332 valence electrons. The molecule has 3 amide bonds. The Kier molecular flexibility index (Phi) is 17.2. The van der Waals surface area contributed by atoms with Gasteiger partial charge in [0.05, 0.1) is 30.7 Å². The number of carboxylic acids is 1. The van der Waals surface area contributed by atoms with Crippen LogP contribution in [0.25, 0.3) is 33.4 Å². The molecule has 5 rings (SSSR count). The van der Waals surface area contributed by atoms with Gasteiger partial charge < -0.3 is 50.7 Å². The molecular formula is C48H56N6O9. The van der Waals surface area contributed by atoms with Gasteiger partial charge in [-0.3, -0.25) is 19.4 Å². The minimum absolute atomic E-state index is 0.0000828. The first kappa shape index (κ1) is 47.3. The van der Waals surface area contributed by atoms with E-state index in [0.717, 1.165) is 22.2 Å². The van der Waals surface area contributed by atoms with Gasteiger partial charge in [-0.05, 0) is 92.9 Å². The number of nitrogens with one attached hydrogen (secondary N) is 4. The third-order valence-corrected chi connectivity index (χ3v) is 9.62. The van der Waals surface area contributed by atoms with Gasteiger partial charge in [-0.25, -0.2) is 4.79 Å². The molecule has 1 heterocycles. The monoisotopic (exact) mass is 860 g/mol. The fourth-order valence-electron chi connectivity index (χ4n) is 6.66. The summed E-state index contributed by atoms with van der Waals surface area (Å²) >= 11 is 0. The van der Waals surface area contributed by atoms with E-state index in [1.54, 1.807) is 30.3 Å². The van der Waals surface area contributed by atoms with Crippen LogP contribution in [0.5, 0.6) is 5.75 Å². The van der Waals surface area contributed by atoms with E-state index < -0.39 is 18.1 Å². The largest absolute Gasteiger partial charge is 0.489 e. The standard InChI is InChI=1S/C48H56N6O9/c1-7-50-39-25-41-37(21-30(39)5)45(38-22-31(6)40(51-8-2)26-42(38)63-41)36-24-33(14-15-35(36)48(58)59)47(57)54-18-17-53-46(56)32-12-9-13-34(23-32)62-27-43(49)61-20-19-60-28-44(55)52-16-10-11-29(3)4/h9,12-15,21-26,29,43,50H,7-8,16-20,27-28,49H2,1-6H3,(H,52,55)(H,53,56)(H,54,57)(H,58,59)/b51-40-. The van der Waals surface area contributed by atoms with Crippen molar-refractivity contribution < 1.29 is 42.9 Å². The van der Waals surface area contributed by atoms with Gasteiger partial charge in [0.25, 0.3) is 11.8 Å². The third-order valence-electron chi connectivity index (χ3n) is 9.62. The number of hydrogen-bond donors (Lipinski definition) is 6. The molecule has 1 aliphatic heterocycles. The van der Waals surface area contributed by atoms with Gasteiger partial charge in [0.1, 0.15) is 36.5 Å². The number of benzene rings is 4. The number of carboxylic acid groups (broad SMARTS) is 1. The first-order valence-electron chi connectivity index (χ1n) is 20.9. The Hall–Kier alpha value is -6.73. The number of rotatable bonds is 20. The van der Waals surface area contributed by atoms with Crippen LogP contribution in [0, 0.1) is 31.6 Å². The van der Waals surface area contributed by atoms with Crippen molar-refractivity contribution in [2.75, 3.05) is 64.5 Å². The van der Waals surface area contributed by atoms with Crippen LogP contribution in [-0.2, 0) is 14.3 Å². The highest BCUT2D eigenvalue weighted by Gasteiger charge is 2.24. The van der Waals surface area contributed by atoms with E-state index in [1.807, 2.05) is 65.8 Å². The van der Waals surface area contributed by atoms with E-state index in [9.17, 15) is 24.3 Å². The van der Waals surface area contributed by atoms with Gasteiger partial charge in [-0.15, -0.1) is 0 Å². The smallest absolute Gasteiger partial charge is 0.336 e. The van der Waals surface area contributed by atoms with Crippen LogP contribution in [0.15, 0.2) is 76.1 Å². The molecule has 0 bridgehead atoms. The lowest BCUT2D eigenvalue weighted by Crippen LogP contribution is -2.34. The summed E-state index contributed by atoms with van der Waals surface area (Å²) in [6.45, 7) is 13.7. The first-order chi connectivity index (χ1) is 30.3. The summed E-state index contributed by atoms with van der Waals surface area (Å²) in [4.78, 5) is 55.8. The zero-order chi connectivity index (χ0) is 45.5. The van der Waals surface area contributed by atoms with E-state index in [4.69, 9.17) is 24.4 Å². The van der Waals surface area contributed by atoms with Crippen molar-refractivity contribution in [3.05, 3.63) is 99.9 Å². The van der Waals surface area contributed by atoms with Crippen LogP contribution >= 0.6 is 0 Å². The maximum absolute atomic E-state index is 13.6. The second-order valence-corrected chi connectivity index (χ2v) is 14.9. The number of nitrogens with two attached hydrogens (primary N) is 1. The molecule has 2 aliphatic rings. The van der Waals surface area contributed by atoms with Crippen molar-refractivity contribution in [2.45, 2.75) is 47.8 Å². The van der Waals surface area contributed by atoms with E-state index in [2.05, 4.69) is 38.1 Å². The van der Waals surface area contributed by atoms with Crippen LogP contribution in [-0.4, -0.2) is 94.2 Å². The zero-order valence-corrected chi connectivity index (χ0v) is 36.6. The van der Waals surface area contributed by atoms with Crippen LogP contribution in [0.3, 0.4) is 0 Å². The van der Waals surface area contributed by atoms with Gasteiger partial charge in [-0.2, -0.15) is 0 Å². The van der Waals surface area contributed by atoms with Gasteiger partial charge in [0.2, 0.25) is 5.91 Å². The molecular weight excluding hydrogens is 805 g/mol. The Morgan fingerprint density at radius 2 is 1.62 bits per heavy atom. The summed E-state index contributed by atoms with van der Waals surface area (Å²) in [7, 11) is 0. The molecule has 15 nitrogen and oxygen atoms in total. The van der Waals surface area contributed by atoms with Gasteiger partial charge in [0, 0.05) is 77.6 Å². The molecule has 0 fully saturated rings. The Morgan fingerprint density at radius 3 is 2.32 bits per heavy atom. The van der Waals surface area contributed by atoms with Crippen molar-refractivity contribution in [2.24, 2.45) is 16.6 Å². The zero-order valence-electron chi connectivity index (χ0n) is 36.6. The predicted octanol–water partition coefficient (Wildman–Crippen LogP) is 5.50. The average Bonchev–Trinajstić information content (AvgIpc) is 3.25. The number of nitrogens with zero attached hydrogens (tertiary/aromatic N) is 1. The maximum atomic E-state index is 13.6. The number of hydrogen-bond acceptors (Lipinski definition) is 11. The summed E-state index contributed by atoms with van der Waals surface area (Å²) in [5.74, 6) is 4.73.